The molecule has 5 nitrogen and oxygen atoms in total. The molecule has 0 bridgehead atoms. The number of hydrogen-bond acceptors (Lipinski definition) is 5. The number of amides is 1. The monoisotopic (exact) mass is 413 g/mol. The van der Waals surface area contributed by atoms with E-state index in [-0.39, 0.29) is 16.9 Å². The van der Waals surface area contributed by atoms with Gasteiger partial charge in [-0.2, -0.15) is 0 Å². The number of carbonyl (C=O) groups excluding carboxylic acids is 1. The highest BCUT2D eigenvalue weighted by Crippen LogP contribution is 2.30. The fraction of sp³-hybridized carbons (Fsp3) is 0.0625. The number of rotatable bonds is 5. The lowest BCUT2D eigenvalue weighted by Gasteiger charge is -2.08. The van der Waals surface area contributed by atoms with E-state index in [1.165, 1.54) is 0 Å². The highest BCUT2D eigenvalue weighted by Gasteiger charge is 2.13. The average Bonchev–Trinajstić information content (AvgIpc) is 3.06. The molecule has 3 rings (SSSR count). The third-order valence-electron chi connectivity index (χ3n) is 3.05. The fourth-order valence-corrected chi connectivity index (χ4v) is 3.08. The van der Waals surface area contributed by atoms with E-state index in [9.17, 15) is 4.79 Å². The highest BCUT2D eigenvalue weighted by atomic mass is 35.5. The van der Waals surface area contributed by atoms with E-state index in [0.717, 1.165) is 17.3 Å². The van der Waals surface area contributed by atoms with Gasteiger partial charge in [0.05, 0.1) is 21.5 Å². The van der Waals surface area contributed by atoms with Crippen molar-refractivity contribution in [2.45, 2.75) is 5.22 Å². The summed E-state index contributed by atoms with van der Waals surface area (Å²) in [7, 11) is 0. The van der Waals surface area contributed by atoms with Crippen LogP contribution in [-0.4, -0.2) is 21.9 Å². The van der Waals surface area contributed by atoms with Crippen molar-refractivity contribution in [3.8, 4) is 11.5 Å². The van der Waals surface area contributed by atoms with Gasteiger partial charge in [0, 0.05) is 10.6 Å². The zero-order valence-corrected chi connectivity index (χ0v) is 15.6. The predicted molar refractivity (Wildman–Crippen MR) is 101 cm³/mol. The number of aromatic nitrogens is 2. The molecule has 0 saturated heterocycles. The molecule has 1 amide bonds. The first-order chi connectivity index (χ1) is 12.0. The van der Waals surface area contributed by atoms with Crippen LogP contribution in [0.25, 0.3) is 11.5 Å². The van der Waals surface area contributed by atoms with Crippen LogP contribution in [0, 0.1) is 0 Å². The maximum absolute atomic E-state index is 12.1. The minimum Gasteiger partial charge on any atom is -0.411 e. The summed E-state index contributed by atoms with van der Waals surface area (Å²) in [4.78, 5) is 12.1. The molecule has 0 aliphatic carbocycles. The van der Waals surface area contributed by atoms with Crippen LogP contribution in [0.2, 0.25) is 15.1 Å². The molecule has 0 fully saturated rings. The van der Waals surface area contributed by atoms with Gasteiger partial charge in [0.1, 0.15) is 0 Å². The van der Waals surface area contributed by atoms with Gasteiger partial charge in [0.2, 0.25) is 11.8 Å². The molecule has 0 radical (unpaired) electrons. The maximum atomic E-state index is 12.1. The van der Waals surface area contributed by atoms with Crippen molar-refractivity contribution in [3.63, 3.8) is 0 Å². The molecule has 1 aromatic heterocycles. The molecule has 0 spiro atoms. The number of thioether (sulfide) groups is 1. The number of carbonyl (C=O) groups is 1. The smallest absolute Gasteiger partial charge is 0.277 e. The zero-order chi connectivity index (χ0) is 17.8. The van der Waals surface area contributed by atoms with Crippen LogP contribution in [-0.2, 0) is 4.79 Å². The molecular formula is C16H10Cl3N3O2S. The Hall–Kier alpha value is -1.73. The topological polar surface area (TPSA) is 68.0 Å². The second kappa shape index (κ2) is 8.10. The van der Waals surface area contributed by atoms with Crippen LogP contribution in [0.3, 0.4) is 0 Å². The Bertz CT molecular complexity index is 880. The molecule has 0 aliphatic rings. The van der Waals surface area contributed by atoms with Crippen LogP contribution in [0.15, 0.2) is 52.1 Å². The second-order valence-electron chi connectivity index (χ2n) is 4.81. The number of anilines is 1. The van der Waals surface area contributed by atoms with Crippen LogP contribution in [0.1, 0.15) is 0 Å². The zero-order valence-electron chi connectivity index (χ0n) is 12.5. The Morgan fingerprint density at radius 3 is 2.40 bits per heavy atom. The van der Waals surface area contributed by atoms with Crippen molar-refractivity contribution < 1.29 is 9.21 Å². The summed E-state index contributed by atoms with van der Waals surface area (Å²) in [6.07, 6.45) is 0. The Balaban J connectivity index is 1.60. The normalized spacial score (nSPS) is 10.7. The van der Waals surface area contributed by atoms with Gasteiger partial charge in [-0.15, -0.1) is 10.2 Å². The Morgan fingerprint density at radius 1 is 1.04 bits per heavy atom. The molecular weight excluding hydrogens is 405 g/mol. The number of hydrogen-bond donors (Lipinski definition) is 1. The number of halogens is 3. The van der Waals surface area contributed by atoms with Gasteiger partial charge >= 0.3 is 0 Å². The summed E-state index contributed by atoms with van der Waals surface area (Å²) in [5.74, 6) is 0.143. The average molecular weight is 415 g/mol. The van der Waals surface area contributed by atoms with Gasteiger partial charge in [-0.1, -0.05) is 52.6 Å². The van der Waals surface area contributed by atoms with Crippen LogP contribution in [0.4, 0.5) is 5.69 Å². The van der Waals surface area contributed by atoms with Crippen LogP contribution < -0.4 is 5.32 Å². The molecule has 0 saturated carbocycles. The van der Waals surface area contributed by atoms with Gasteiger partial charge in [0.15, 0.2) is 0 Å². The first-order valence-electron chi connectivity index (χ1n) is 6.99. The molecule has 3 aromatic rings. The van der Waals surface area contributed by atoms with Crippen molar-refractivity contribution in [1.29, 1.82) is 0 Å². The van der Waals surface area contributed by atoms with E-state index < -0.39 is 0 Å². The minimum absolute atomic E-state index is 0.0732. The summed E-state index contributed by atoms with van der Waals surface area (Å²) in [6.45, 7) is 0. The minimum atomic E-state index is -0.286. The maximum Gasteiger partial charge on any atom is 0.277 e. The van der Waals surface area contributed by atoms with Gasteiger partial charge in [-0.05, 0) is 36.4 Å². The van der Waals surface area contributed by atoms with E-state index in [4.69, 9.17) is 39.2 Å². The molecule has 128 valence electrons. The Kier molecular flexibility index (Phi) is 5.86. The van der Waals surface area contributed by atoms with Gasteiger partial charge in [-0.3, -0.25) is 4.79 Å². The summed E-state index contributed by atoms with van der Waals surface area (Å²) < 4.78 is 5.52. The third kappa shape index (κ3) is 4.67. The predicted octanol–water partition coefficient (Wildman–Crippen LogP) is 5.43. The number of nitrogens with one attached hydrogen (secondary N) is 1. The van der Waals surface area contributed by atoms with Crippen molar-refractivity contribution >= 4 is 58.2 Å². The molecule has 1 N–H and O–H groups in total. The molecule has 0 atom stereocenters. The van der Waals surface area contributed by atoms with Gasteiger partial charge in [-0.25, -0.2) is 0 Å². The lowest BCUT2D eigenvalue weighted by atomic mass is 10.2. The quantitative estimate of drug-likeness (QED) is 0.564. The number of para-hydroxylation sites is 1. The Labute approximate surface area is 162 Å². The van der Waals surface area contributed by atoms with Crippen molar-refractivity contribution in [2.24, 2.45) is 0 Å². The molecule has 2 aromatic carbocycles. The summed E-state index contributed by atoms with van der Waals surface area (Å²) in [5, 5.41) is 12.2. The summed E-state index contributed by atoms with van der Waals surface area (Å²) in [6, 6.07) is 12.0. The van der Waals surface area contributed by atoms with E-state index in [0.29, 0.717) is 26.6 Å². The first-order valence-corrected chi connectivity index (χ1v) is 9.11. The van der Waals surface area contributed by atoms with Crippen molar-refractivity contribution in [3.05, 3.63) is 57.5 Å². The lowest BCUT2D eigenvalue weighted by Crippen LogP contribution is -2.14. The largest absolute Gasteiger partial charge is 0.411 e. The molecule has 25 heavy (non-hydrogen) atoms. The van der Waals surface area contributed by atoms with Crippen molar-refractivity contribution in [1.82, 2.24) is 10.2 Å². The van der Waals surface area contributed by atoms with E-state index in [1.54, 1.807) is 42.5 Å². The second-order valence-corrected chi connectivity index (χ2v) is 6.99. The number of nitrogens with zero attached hydrogens (tertiary/aromatic N) is 2. The molecule has 9 heteroatoms. The SMILES string of the molecule is O=C(CSc1nnc(-c2ccc(Cl)cc2)o1)Nc1c(Cl)cccc1Cl. The molecule has 0 aliphatic heterocycles. The fourth-order valence-electron chi connectivity index (χ4n) is 1.90. The van der Waals surface area contributed by atoms with Crippen LogP contribution >= 0.6 is 46.6 Å². The van der Waals surface area contributed by atoms with Crippen molar-refractivity contribution in [2.75, 3.05) is 11.1 Å². The summed E-state index contributed by atoms with van der Waals surface area (Å²) in [5.41, 5.74) is 1.12. The van der Waals surface area contributed by atoms with Crippen LogP contribution in [0.5, 0.6) is 0 Å². The van der Waals surface area contributed by atoms with Gasteiger partial charge < -0.3 is 9.73 Å². The number of benzene rings is 2. The van der Waals surface area contributed by atoms with E-state index in [2.05, 4.69) is 15.5 Å². The lowest BCUT2D eigenvalue weighted by molar-refractivity contribution is -0.113. The third-order valence-corrected chi connectivity index (χ3v) is 4.75. The first kappa shape index (κ1) is 18.1. The summed E-state index contributed by atoms with van der Waals surface area (Å²) >= 11 is 19.0. The Morgan fingerprint density at radius 2 is 1.72 bits per heavy atom. The molecule has 0 unspecified atom stereocenters. The van der Waals surface area contributed by atoms with E-state index in [1.807, 2.05) is 0 Å². The standard InChI is InChI=1S/C16H10Cl3N3O2S/c17-10-6-4-9(5-7-10)15-21-22-16(24-15)25-8-13(23)20-14-11(18)2-1-3-12(14)19/h1-7H,8H2,(H,20,23). The van der Waals surface area contributed by atoms with Gasteiger partial charge in [0.25, 0.3) is 5.22 Å². The molecule has 1 heterocycles. The highest BCUT2D eigenvalue weighted by molar-refractivity contribution is 7.99. The van der Waals surface area contributed by atoms with E-state index >= 15 is 0 Å².